The van der Waals surface area contributed by atoms with Crippen LogP contribution in [0.25, 0.3) is 0 Å². The summed E-state index contributed by atoms with van der Waals surface area (Å²) < 4.78 is 10.3. The van der Waals surface area contributed by atoms with E-state index < -0.39 is 0 Å². The molecule has 1 amide bonds. The van der Waals surface area contributed by atoms with Gasteiger partial charge in [0.2, 0.25) is 0 Å². The van der Waals surface area contributed by atoms with Crippen molar-refractivity contribution in [2.75, 3.05) is 20.3 Å². The van der Waals surface area contributed by atoms with Crippen LogP contribution in [0.2, 0.25) is 0 Å². The molecule has 2 rings (SSSR count). The summed E-state index contributed by atoms with van der Waals surface area (Å²) in [4.78, 5) is 13.2. The zero-order valence-electron chi connectivity index (χ0n) is 10.3. The minimum Gasteiger partial charge on any atom is -0.497 e. The van der Waals surface area contributed by atoms with Crippen LogP contribution in [0.1, 0.15) is 12.0 Å². The predicted molar refractivity (Wildman–Crippen MR) is 65.4 cm³/mol. The molecule has 1 aliphatic rings. The first-order valence-corrected chi connectivity index (χ1v) is 5.92. The van der Waals surface area contributed by atoms with Crippen molar-refractivity contribution in [3.63, 3.8) is 0 Å². The third kappa shape index (κ3) is 2.92. The SMILES string of the molecule is COc1cccc(CN2CC(CCO)OC2=O)c1. The summed E-state index contributed by atoms with van der Waals surface area (Å²) in [7, 11) is 1.61. The van der Waals surface area contributed by atoms with Gasteiger partial charge in [-0.2, -0.15) is 0 Å². The Morgan fingerprint density at radius 3 is 3.11 bits per heavy atom. The fourth-order valence-electron chi connectivity index (χ4n) is 1.99. The number of nitrogens with zero attached hydrogens (tertiary/aromatic N) is 1. The fourth-order valence-corrected chi connectivity index (χ4v) is 1.99. The van der Waals surface area contributed by atoms with Gasteiger partial charge in [-0.15, -0.1) is 0 Å². The van der Waals surface area contributed by atoms with E-state index in [1.54, 1.807) is 12.0 Å². The number of rotatable bonds is 5. The van der Waals surface area contributed by atoms with E-state index in [0.29, 0.717) is 19.5 Å². The summed E-state index contributed by atoms with van der Waals surface area (Å²) in [5, 5.41) is 8.83. The number of carbonyl (C=O) groups is 1. The van der Waals surface area contributed by atoms with Crippen LogP contribution in [-0.4, -0.2) is 42.5 Å². The van der Waals surface area contributed by atoms with Crippen LogP contribution >= 0.6 is 0 Å². The average molecular weight is 251 g/mol. The van der Waals surface area contributed by atoms with Gasteiger partial charge in [0.05, 0.1) is 13.7 Å². The number of hydrogen-bond donors (Lipinski definition) is 1. The van der Waals surface area contributed by atoms with E-state index in [4.69, 9.17) is 14.6 Å². The van der Waals surface area contributed by atoms with E-state index >= 15 is 0 Å². The van der Waals surface area contributed by atoms with Crippen molar-refractivity contribution in [1.29, 1.82) is 0 Å². The average Bonchev–Trinajstić information content (AvgIpc) is 2.70. The number of aliphatic hydroxyl groups is 1. The van der Waals surface area contributed by atoms with E-state index in [1.165, 1.54) is 0 Å². The third-order valence-electron chi connectivity index (χ3n) is 2.91. The molecular formula is C13H17NO4. The molecule has 0 bridgehead atoms. The molecule has 1 saturated heterocycles. The Hall–Kier alpha value is -1.75. The standard InChI is InChI=1S/C13H17NO4/c1-17-11-4-2-3-10(7-11)8-14-9-12(5-6-15)18-13(14)16/h2-4,7,12,15H,5-6,8-9H2,1H3. The lowest BCUT2D eigenvalue weighted by Crippen LogP contribution is -2.24. The highest BCUT2D eigenvalue weighted by atomic mass is 16.6. The van der Waals surface area contributed by atoms with Gasteiger partial charge < -0.3 is 19.5 Å². The first kappa shape index (κ1) is 12.7. The molecule has 1 unspecified atom stereocenters. The monoisotopic (exact) mass is 251 g/mol. The molecule has 1 aromatic carbocycles. The quantitative estimate of drug-likeness (QED) is 0.859. The molecule has 1 N–H and O–H groups in total. The van der Waals surface area contributed by atoms with Gasteiger partial charge in [-0.1, -0.05) is 12.1 Å². The number of ether oxygens (including phenoxy) is 2. The Morgan fingerprint density at radius 1 is 1.56 bits per heavy atom. The van der Waals surface area contributed by atoms with Crippen LogP contribution < -0.4 is 4.74 Å². The number of cyclic esters (lactones) is 1. The smallest absolute Gasteiger partial charge is 0.410 e. The largest absolute Gasteiger partial charge is 0.497 e. The Kier molecular flexibility index (Phi) is 4.04. The second-order valence-corrected chi connectivity index (χ2v) is 4.25. The van der Waals surface area contributed by atoms with E-state index in [2.05, 4.69) is 0 Å². The van der Waals surface area contributed by atoms with Crippen molar-refractivity contribution in [2.24, 2.45) is 0 Å². The minimum atomic E-state index is -0.323. The van der Waals surface area contributed by atoms with E-state index in [9.17, 15) is 4.79 Å². The number of aliphatic hydroxyl groups excluding tert-OH is 1. The Labute approximate surface area is 106 Å². The van der Waals surface area contributed by atoms with Crippen molar-refractivity contribution in [3.05, 3.63) is 29.8 Å². The molecule has 1 atom stereocenters. The number of methoxy groups -OCH3 is 1. The topological polar surface area (TPSA) is 59.0 Å². The van der Waals surface area contributed by atoms with Gasteiger partial charge in [-0.3, -0.25) is 0 Å². The van der Waals surface area contributed by atoms with Crippen molar-refractivity contribution in [2.45, 2.75) is 19.1 Å². The van der Waals surface area contributed by atoms with Gasteiger partial charge in [0.15, 0.2) is 0 Å². The van der Waals surface area contributed by atoms with Crippen molar-refractivity contribution >= 4 is 6.09 Å². The lowest BCUT2D eigenvalue weighted by molar-refractivity contribution is 0.117. The Balaban J connectivity index is 1.98. The van der Waals surface area contributed by atoms with E-state index in [0.717, 1.165) is 11.3 Å². The Morgan fingerprint density at radius 2 is 2.39 bits per heavy atom. The summed E-state index contributed by atoms with van der Waals surface area (Å²) in [6, 6.07) is 7.59. The molecule has 1 aliphatic heterocycles. The summed E-state index contributed by atoms with van der Waals surface area (Å²) in [5.74, 6) is 0.770. The van der Waals surface area contributed by atoms with Crippen molar-refractivity contribution < 1.29 is 19.4 Å². The lowest BCUT2D eigenvalue weighted by atomic mass is 10.2. The third-order valence-corrected chi connectivity index (χ3v) is 2.91. The zero-order valence-corrected chi connectivity index (χ0v) is 10.3. The Bertz CT molecular complexity index is 421. The molecule has 0 aliphatic carbocycles. The number of carbonyl (C=O) groups excluding carboxylic acids is 1. The van der Waals surface area contributed by atoms with Gasteiger partial charge in [0, 0.05) is 19.6 Å². The number of hydrogen-bond acceptors (Lipinski definition) is 4. The molecule has 1 fully saturated rings. The zero-order chi connectivity index (χ0) is 13.0. The van der Waals surface area contributed by atoms with Gasteiger partial charge in [0.25, 0.3) is 0 Å². The second kappa shape index (κ2) is 5.73. The second-order valence-electron chi connectivity index (χ2n) is 4.25. The highest BCUT2D eigenvalue weighted by Crippen LogP contribution is 2.19. The predicted octanol–water partition coefficient (Wildman–Crippen LogP) is 1.40. The van der Waals surface area contributed by atoms with Gasteiger partial charge in [0.1, 0.15) is 11.9 Å². The minimum absolute atomic E-state index is 0.0327. The maximum absolute atomic E-state index is 11.6. The lowest BCUT2D eigenvalue weighted by Gasteiger charge is -2.13. The normalized spacial score (nSPS) is 18.9. The molecule has 5 nitrogen and oxygen atoms in total. The van der Waals surface area contributed by atoms with Crippen molar-refractivity contribution in [3.8, 4) is 5.75 Å². The van der Waals surface area contributed by atoms with Crippen LogP contribution in [0.3, 0.4) is 0 Å². The molecule has 0 saturated carbocycles. The van der Waals surface area contributed by atoms with Gasteiger partial charge in [-0.05, 0) is 17.7 Å². The summed E-state index contributed by atoms with van der Waals surface area (Å²) in [6.07, 6.45) is -0.0373. The van der Waals surface area contributed by atoms with Crippen LogP contribution in [0.5, 0.6) is 5.75 Å². The number of amides is 1. The summed E-state index contributed by atoms with van der Waals surface area (Å²) in [5.41, 5.74) is 0.996. The molecule has 98 valence electrons. The molecule has 5 heteroatoms. The van der Waals surface area contributed by atoms with Gasteiger partial charge >= 0.3 is 6.09 Å². The molecule has 0 spiro atoms. The maximum atomic E-state index is 11.6. The molecule has 0 radical (unpaired) electrons. The maximum Gasteiger partial charge on any atom is 0.410 e. The highest BCUT2D eigenvalue weighted by Gasteiger charge is 2.30. The van der Waals surface area contributed by atoms with Crippen LogP contribution in [0.15, 0.2) is 24.3 Å². The summed E-state index contributed by atoms with van der Waals surface area (Å²) in [6.45, 7) is 1.06. The molecule has 1 heterocycles. The van der Waals surface area contributed by atoms with Crippen LogP contribution in [0, 0.1) is 0 Å². The highest BCUT2D eigenvalue weighted by molar-refractivity contribution is 5.69. The first-order chi connectivity index (χ1) is 8.72. The van der Waals surface area contributed by atoms with Crippen molar-refractivity contribution in [1.82, 2.24) is 4.90 Å². The molecule has 1 aromatic rings. The van der Waals surface area contributed by atoms with Crippen LogP contribution in [-0.2, 0) is 11.3 Å². The van der Waals surface area contributed by atoms with Gasteiger partial charge in [-0.25, -0.2) is 4.79 Å². The fraction of sp³-hybridized carbons (Fsp3) is 0.462. The molecule has 0 aromatic heterocycles. The first-order valence-electron chi connectivity index (χ1n) is 5.92. The van der Waals surface area contributed by atoms with E-state index in [-0.39, 0.29) is 18.8 Å². The number of benzene rings is 1. The summed E-state index contributed by atoms with van der Waals surface area (Å²) >= 11 is 0. The molecular weight excluding hydrogens is 234 g/mol. The van der Waals surface area contributed by atoms with Crippen LogP contribution in [0.4, 0.5) is 4.79 Å². The molecule has 18 heavy (non-hydrogen) atoms. The van der Waals surface area contributed by atoms with E-state index in [1.807, 2.05) is 24.3 Å².